The molecule has 1 aromatic heterocycles. The summed E-state index contributed by atoms with van der Waals surface area (Å²) in [6, 6.07) is 14.1. The van der Waals surface area contributed by atoms with Crippen LogP contribution in [0.25, 0.3) is 0 Å². The molecule has 1 aromatic carbocycles. The van der Waals surface area contributed by atoms with Crippen LogP contribution in [0.15, 0.2) is 70.9 Å². The van der Waals surface area contributed by atoms with Crippen molar-refractivity contribution in [2.75, 3.05) is 6.54 Å². The normalized spacial score (nSPS) is 17.2. The number of rotatable bonds is 4. The third-order valence-electron chi connectivity index (χ3n) is 3.51. The van der Waals surface area contributed by atoms with Gasteiger partial charge in [-0.3, -0.25) is 0 Å². The molecular formula is C17H17N3OS. The Balaban J connectivity index is 1.89. The van der Waals surface area contributed by atoms with E-state index in [1.54, 1.807) is 12.3 Å². The van der Waals surface area contributed by atoms with Crippen LogP contribution in [0, 0.1) is 0 Å². The molecule has 112 valence electrons. The zero-order valence-corrected chi connectivity index (χ0v) is 12.9. The lowest BCUT2D eigenvalue weighted by atomic mass is 10.0. The van der Waals surface area contributed by atoms with Crippen molar-refractivity contribution < 1.29 is 4.42 Å². The summed E-state index contributed by atoms with van der Waals surface area (Å²) in [7, 11) is 0. The minimum absolute atomic E-state index is 0.0751. The molecule has 1 aliphatic heterocycles. The second kappa shape index (κ2) is 6.58. The summed E-state index contributed by atoms with van der Waals surface area (Å²) in [6.45, 7) is 4.31. The van der Waals surface area contributed by atoms with E-state index in [2.05, 4.69) is 29.1 Å². The molecule has 5 heteroatoms. The molecule has 3 rings (SSSR count). The molecule has 0 saturated carbocycles. The fourth-order valence-electron chi connectivity index (χ4n) is 2.46. The highest BCUT2D eigenvalue weighted by atomic mass is 32.1. The van der Waals surface area contributed by atoms with E-state index >= 15 is 0 Å². The minimum Gasteiger partial charge on any atom is -0.463 e. The second-order valence-electron chi connectivity index (χ2n) is 4.97. The minimum atomic E-state index is 0.0751. The van der Waals surface area contributed by atoms with Gasteiger partial charge in [0.05, 0.1) is 12.3 Å². The van der Waals surface area contributed by atoms with E-state index in [0.717, 1.165) is 17.9 Å². The van der Waals surface area contributed by atoms with Crippen molar-refractivity contribution in [2.45, 2.75) is 12.5 Å². The van der Waals surface area contributed by atoms with Crippen LogP contribution in [0.3, 0.4) is 0 Å². The highest BCUT2D eigenvalue weighted by Crippen LogP contribution is 2.32. The molecule has 1 aliphatic rings. The first-order valence-electron chi connectivity index (χ1n) is 7.14. The van der Waals surface area contributed by atoms with E-state index in [9.17, 15) is 0 Å². The van der Waals surface area contributed by atoms with Gasteiger partial charge >= 0.3 is 0 Å². The molecule has 0 spiro atoms. The Labute approximate surface area is 135 Å². The molecule has 0 bridgehead atoms. The van der Waals surface area contributed by atoms with Crippen molar-refractivity contribution in [3.05, 3.63) is 72.7 Å². The van der Waals surface area contributed by atoms with E-state index in [1.165, 1.54) is 5.56 Å². The number of hydrogen-bond acceptors (Lipinski definition) is 3. The maximum absolute atomic E-state index is 5.47. The Kier molecular flexibility index (Phi) is 4.34. The van der Waals surface area contributed by atoms with E-state index in [-0.39, 0.29) is 6.04 Å². The Morgan fingerprint density at radius 2 is 2.18 bits per heavy atom. The third kappa shape index (κ3) is 2.94. The number of hydrazone groups is 1. The van der Waals surface area contributed by atoms with Gasteiger partial charge in [0.1, 0.15) is 11.5 Å². The summed E-state index contributed by atoms with van der Waals surface area (Å²) in [5, 5.41) is 10.2. The number of thiocarbonyl (C=S) groups is 1. The second-order valence-corrected chi connectivity index (χ2v) is 5.36. The lowest BCUT2D eigenvalue weighted by Gasteiger charge is -2.24. The summed E-state index contributed by atoms with van der Waals surface area (Å²) in [5.74, 6) is 0.787. The van der Waals surface area contributed by atoms with Gasteiger partial charge in [-0.05, 0) is 29.9 Å². The molecular weight excluding hydrogens is 294 g/mol. The molecule has 0 aliphatic carbocycles. The average Bonchev–Trinajstić information content (AvgIpc) is 3.22. The molecule has 22 heavy (non-hydrogen) atoms. The van der Waals surface area contributed by atoms with Crippen molar-refractivity contribution in [1.29, 1.82) is 0 Å². The highest BCUT2D eigenvalue weighted by Gasteiger charge is 2.32. The maximum Gasteiger partial charge on any atom is 0.190 e. The van der Waals surface area contributed by atoms with Gasteiger partial charge in [0.2, 0.25) is 0 Å². The molecule has 0 radical (unpaired) electrons. The number of nitrogens with one attached hydrogen (secondary N) is 1. The van der Waals surface area contributed by atoms with Gasteiger partial charge in [-0.2, -0.15) is 5.10 Å². The SMILES string of the molecule is C=CCNC(=S)N1N=C(c2ccco2)CC1c1ccccc1. The van der Waals surface area contributed by atoms with Gasteiger partial charge in [0.15, 0.2) is 5.11 Å². The van der Waals surface area contributed by atoms with E-state index < -0.39 is 0 Å². The van der Waals surface area contributed by atoms with Gasteiger partial charge < -0.3 is 9.73 Å². The topological polar surface area (TPSA) is 40.8 Å². The Hall–Kier alpha value is -2.40. The predicted octanol–water partition coefficient (Wildman–Crippen LogP) is 3.49. The van der Waals surface area contributed by atoms with Crippen LogP contribution in [0.5, 0.6) is 0 Å². The first-order valence-corrected chi connectivity index (χ1v) is 7.54. The average molecular weight is 311 g/mol. The lowest BCUT2D eigenvalue weighted by molar-refractivity contribution is 0.365. The summed E-state index contributed by atoms with van der Waals surface area (Å²) < 4.78 is 5.47. The Bertz CT molecular complexity index is 679. The summed E-state index contributed by atoms with van der Waals surface area (Å²) >= 11 is 5.47. The summed E-state index contributed by atoms with van der Waals surface area (Å²) in [6.07, 6.45) is 4.19. The zero-order chi connectivity index (χ0) is 15.4. The van der Waals surface area contributed by atoms with Crippen molar-refractivity contribution in [2.24, 2.45) is 5.10 Å². The number of benzene rings is 1. The van der Waals surface area contributed by atoms with Crippen LogP contribution < -0.4 is 5.32 Å². The van der Waals surface area contributed by atoms with E-state index in [4.69, 9.17) is 16.6 Å². The molecule has 0 amide bonds. The predicted molar refractivity (Wildman–Crippen MR) is 91.7 cm³/mol. The first kappa shape index (κ1) is 14.5. The summed E-state index contributed by atoms with van der Waals surface area (Å²) in [4.78, 5) is 0. The standard InChI is InChI=1S/C17H17N3OS/c1-2-10-18-17(22)20-15(13-7-4-3-5-8-13)12-14(19-20)16-9-6-11-21-16/h2-9,11,15H,1,10,12H2,(H,18,22). The van der Waals surface area contributed by atoms with Gasteiger partial charge in [0.25, 0.3) is 0 Å². The molecule has 2 aromatic rings. The molecule has 4 nitrogen and oxygen atoms in total. The zero-order valence-electron chi connectivity index (χ0n) is 12.1. The largest absolute Gasteiger partial charge is 0.463 e. The fraction of sp³-hybridized carbons (Fsp3) is 0.176. The Morgan fingerprint density at radius 1 is 1.36 bits per heavy atom. The van der Waals surface area contributed by atoms with Crippen LogP contribution in [-0.2, 0) is 0 Å². The molecule has 0 fully saturated rings. The molecule has 2 heterocycles. The third-order valence-corrected chi connectivity index (χ3v) is 3.84. The first-order chi connectivity index (χ1) is 10.8. The van der Waals surface area contributed by atoms with Crippen molar-refractivity contribution >= 4 is 23.0 Å². The molecule has 0 saturated heterocycles. The summed E-state index contributed by atoms with van der Waals surface area (Å²) in [5.41, 5.74) is 2.08. The number of hydrogen-bond donors (Lipinski definition) is 1. The van der Waals surface area contributed by atoms with E-state index in [1.807, 2.05) is 35.3 Å². The smallest absolute Gasteiger partial charge is 0.190 e. The monoisotopic (exact) mass is 311 g/mol. The Morgan fingerprint density at radius 3 is 2.86 bits per heavy atom. The van der Waals surface area contributed by atoms with Gasteiger partial charge in [-0.15, -0.1) is 6.58 Å². The van der Waals surface area contributed by atoms with Crippen LogP contribution in [0.4, 0.5) is 0 Å². The van der Waals surface area contributed by atoms with Gasteiger partial charge in [0, 0.05) is 13.0 Å². The maximum atomic E-state index is 5.47. The molecule has 1 unspecified atom stereocenters. The van der Waals surface area contributed by atoms with Crippen LogP contribution in [-0.4, -0.2) is 22.4 Å². The number of furan rings is 1. The fourth-order valence-corrected chi connectivity index (χ4v) is 2.72. The van der Waals surface area contributed by atoms with Crippen molar-refractivity contribution in [1.82, 2.24) is 10.3 Å². The number of nitrogens with zero attached hydrogens (tertiary/aromatic N) is 2. The van der Waals surface area contributed by atoms with E-state index in [0.29, 0.717) is 11.7 Å². The molecule has 1 atom stereocenters. The van der Waals surface area contributed by atoms with Gasteiger partial charge in [-0.1, -0.05) is 36.4 Å². The van der Waals surface area contributed by atoms with Crippen LogP contribution in [0.2, 0.25) is 0 Å². The van der Waals surface area contributed by atoms with Crippen molar-refractivity contribution in [3.63, 3.8) is 0 Å². The van der Waals surface area contributed by atoms with Crippen LogP contribution in [0.1, 0.15) is 23.8 Å². The lowest BCUT2D eigenvalue weighted by Crippen LogP contribution is -2.36. The molecule has 1 N–H and O–H groups in total. The van der Waals surface area contributed by atoms with Crippen molar-refractivity contribution in [3.8, 4) is 0 Å². The quantitative estimate of drug-likeness (QED) is 0.693. The van der Waals surface area contributed by atoms with Gasteiger partial charge in [-0.25, -0.2) is 5.01 Å². The van der Waals surface area contributed by atoms with Crippen LogP contribution >= 0.6 is 12.2 Å². The highest BCUT2D eigenvalue weighted by molar-refractivity contribution is 7.80.